The van der Waals surface area contributed by atoms with E-state index < -0.39 is 17.6 Å². The lowest BCUT2D eigenvalue weighted by atomic mass is 9.92. The van der Waals surface area contributed by atoms with E-state index in [1.54, 1.807) is 6.07 Å². The van der Waals surface area contributed by atoms with Crippen LogP contribution in [0.15, 0.2) is 12.1 Å². The maximum absolute atomic E-state index is 15.5. The zero-order valence-electron chi connectivity index (χ0n) is 19.9. The molecule has 0 radical (unpaired) electrons. The first-order valence-electron chi connectivity index (χ1n) is 12.1. The van der Waals surface area contributed by atoms with Crippen LogP contribution in [-0.4, -0.2) is 67.3 Å². The molecule has 1 unspecified atom stereocenters. The van der Waals surface area contributed by atoms with Crippen LogP contribution in [0.25, 0.3) is 0 Å². The van der Waals surface area contributed by atoms with E-state index in [2.05, 4.69) is 29.8 Å². The van der Waals surface area contributed by atoms with Crippen LogP contribution in [0.2, 0.25) is 5.02 Å². The SMILES string of the molecule is CN(C)C1CN(c2cc(Cl)cc(NNC(=O)[C@H](CC3CCCC3)CN(O)C=O)c2F)CC12CC2. The number of likely N-dealkylation sites (N-methyl/N-ethyl adjacent to an activating group) is 1. The topological polar surface area (TPSA) is 88.2 Å². The van der Waals surface area contributed by atoms with Gasteiger partial charge in [0.05, 0.1) is 23.8 Å². The number of hydrogen-bond acceptors (Lipinski definition) is 6. The number of rotatable bonds is 10. The summed E-state index contributed by atoms with van der Waals surface area (Å²) in [5, 5.41) is 10.5. The molecule has 1 aromatic carbocycles. The van der Waals surface area contributed by atoms with Crippen molar-refractivity contribution in [3.05, 3.63) is 23.0 Å². The highest BCUT2D eigenvalue weighted by Gasteiger charge is 2.56. The standard InChI is InChI=1S/C24H35ClFN5O3/c1-29(2)21-13-30(14-24(21)7-8-24)20-11-18(25)10-19(22(20)26)27-28-23(33)17(12-31(34)15-32)9-16-5-3-4-6-16/h10-11,15-17,21,27,34H,3-9,12-14H2,1-2H3,(H,28,33)/t17-,21?/m1/s1. The Morgan fingerprint density at radius 3 is 2.65 bits per heavy atom. The van der Waals surface area contributed by atoms with Gasteiger partial charge in [-0.2, -0.15) is 0 Å². The second-order valence-electron chi connectivity index (χ2n) is 10.4. The van der Waals surface area contributed by atoms with Gasteiger partial charge < -0.3 is 9.80 Å². The van der Waals surface area contributed by atoms with Crippen LogP contribution in [0.5, 0.6) is 0 Å². The van der Waals surface area contributed by atoms with Gasteiger partial charge in [0.2, 0.25) is 12.3 Å². The molecule has 4 rings (SSSR count). The Kier molecular flexibility index (Phi) is 7.54. The first-order valence-corrected chi connectivity index (χ1v) is 12.5. The number of halogens is 2. The Morgan fingerprint density at radius 1 is 1.35 bits per heavy atom. The third-order valence-corrected chi connectivity index (χ3v) is 8.01. The van der Waals surface area contributed by atoms with Crippen molar-refractivity contribution in [2.24, 2.45) is 17.3 Å². The number of hydroxylamine groups is 2. The molecule has 1 aliphatic heterocycles. The summed E-state index contributed by atoms with van der Waals surface area (Å²) in [7, 11) is 4.12. The summed E-state index contributed by atoms with van der Waals surface area (Å²) >= 11 is 6.33. The summed E-state index contributed by atoms with van der Waals surface area (Å²) in [4.78, 5) is 28.1. The minimum Gasteiger partial charge on any atom is -0.367 e. The van der Waals surface area contributed by atoms with Crippen molar-refractivity contribution >= 4 is 35.3 Å². The second kappa shape index (κ2) is 10.3. The fourth-order valence-electron chi connectivity index (χ4n) is 5.81. The number of hydrogen-bond donors (Lipinski definition) is 3. The fraction of sp³-hybridized carbons (Fsp3) is 0.667. The summed E-state index contributed by atoms with van der Waals surface area (Å²) in [6.07, 6.45) is 7.43. The zero-order chi connectivity index (χ0) is 24.5. The molecule has 2 amide bonds. The van der Waals surface area contributed by atoms with Gasteiger partial charge in [0.25, 0.3) is 0 Å². The highest BCUT2D eigenvalue weighted by molar-refractivity contribution is 6.31. The van der Waals surface area contributed by atoms with Crippen molar-refractivity contribution in [1.29, 1.82) is 0 Å². The first-order chi connectivity index (χ1) is 16.2. The number of benzene rings is 1. The molecule has 2 atom stereocenters. The van der Waals surface area contributed by atoms with Gasteiger partial charge in [0, 0.05) is 29.6 Å². The quantitative estimate of drug-likeness (QED) is 0.261. The minimum absolute atomic E-state index is 0.0878. The summed E-state index contributed by atoms with van der Waals surface area (Å²) in [6.45, 7) is 1.39. The molecule has 2 saturated carbocycles. The van der Waals surface area contributed by atoms with Crippen molar-refractivity contribution in [3.63, 3.8) is 0 Å². The Balaban J connectivity index is 1.45. The van der Waals surface area contributed by atoms with E-state index in [1.165, 1.54) is 6.07 Å². The number of hydrazine groups is 1. The van der Waals surface area contributed by atoms with Crippen LogP contribution < -0.4 is 15.8 Å². The molecule has 3 fully saturated rings. The van der Waals surface area contributed by atoms with Crippen molar-refractivity contribution in [3.8, 4) is 0 Å². The third-order valence-electron chi connectivity index (χ3n) is 7.79. The van der Waals surface area contributed by atoms with E-state index in [0.29, 0.717) is 34.2 Å². The molecule has 1 saturated heterocycles. The van der Waals surface area contributed by atoms with Crippen molar-refractivity contribution < 1.29 is 19.2 Å². The lowest BCUT2D eigenvalue weighted by Crippen LogP contribution is -2.41. The smallest absolute Gasteiger partial charge is 0.243 e. The highest BCUT2D eigenvalue weighted by Crippen LogP contribution is 2.55. The molecule has 188 valence electrons. The largest absolute Gasteiger partial charge is 0.367 e. The van der Waals surface area contributed by atoms with E-state index in [0.717, 1.165) is 51.6 Å². The van der Waals surface area contributed by atoms with Gasteiger partial charge in [-0.05, 0) is 51.4 Å². The molecule has 1 heterocycles. The number of carbonyl (C=O) groups excluding carboxylic acids is 2. The maximum Gasteiger partial charge on any atom is 0.243 e. The van der Waals surface area contributed by atoms with E-state index in [4.69, 9.17) is 11.6 Å². The molecular weight excluding hydrogens is 461 g/mol. The molecule has 34 heavy (non-hydrogen) atoms. The number of amides is 2. The summed E-state index contributed by atoms with van der Waals surface area (Å²) in [5.41, 5.74) is 6.00. The van der Waals surface area contributed by atoms with Gasteiger partial charge in [-0.3, -0.25) is 25.6 Å². The number of nitrogens with zero attached hydrogens (tertiary/aromatic N) is 3. The maximum atomic E-state index is 15.5. The van der Waals surface area contributed by atoms with Gasteiger partial charge in [-0.25, -0.2) is 9.45 Å². The van der Waals surface area contributed by atoms with Crippen LogP contribution in [0.4, 0.5) is 15.8 Å². The summed E-state index contributed by atoms with van der Waals surface area (Å²) in [5.74, 6) is -1.11. The van der Waals surface area contributed by atoms with Crippen molar-refractivity contribution in [1.82, 2.24) is 15.4 Å². The molecule has 0 aromatic heterocycles. The van der Waals surface area contributed by atoms with E-state index in [9.17, 15) is 14.8 Å². The number of nitrogens with one attached hydrogen (secondary N) is 2. The predicted molar refractivity (Wildman–Crippen MR) is 129 cm³/mol. The summed E-state index contributed by atoms with van der Waals surface area (Å²) in [6, 6.07) is 3.44. The van der Waals surface area contributed by atoms with Gasteiger partial charge >= 0.3 is 0 Å². The fourth-order valence-corrected chi connectivity index (χ4v) is 6.02. The van der Waals surface area contributed by atoms with E-state index >= 15 is 4.39 Å². The second-order valence-corrected chi connectivity index (χ2v) is 10.9. The van der Waals surface area contributed by atoms with Gasteiger partial charge in [0.1, 0.15) is 0 Å². The lowest BCUT2D eigenvalue weighted by Gasteiger charge is -2.25. The number of anilines is 2. The molecule has 2 aliphatic carbocycles. The van der Waals surface area contributed by atoms with Crippen LogP contribution in [0, 0.1) is 23.1 Å². The molecule has 3 aliphatic rings. The minimum atomic E-state index is -0.610. The van der Waals surface area contributed by atoms with Crippen molar-refractivity contribution in [2.45, 2.75) is 51.0 Å². The summed E-state index contributed by atoms with van der Waals surface area (Å²) < 4.78 is 15.5. The van der Waals surface area contributed by atoms with E-state index in [-0.39, 0.29) is 24.1 Å². The Labute approximate surface area is 205 Å². The molecule has 10 heteroatoms. The molecular formula is C24H35ClFN5O3. The van der Waals surface area contributed by atoms with Gasteiger partial charge in [-0.15, -0.1) is 0 Å². The third kappa shape index (κ3) is 5.42. The first kappa shape index (κ1) is 25.0. The average molecular weight is 496 g/mol. The zero-order valence-corrected chi connectivity index (χ0v) is 20.7. The van der Waals surface area contributed by atoms with E-state index in [1.807, 2.05) is 4.90 Å². The van der Waals surface area contributed by atoms with Crippen molar-refractivity contribution in [2.75, 3.05) is 44.1 Å². The lowest BCUT2D eigenvalue weighted by molar-refractivity contribution is -0.154. The van der Waals surface area contributed by atoms with Crippen LogP contribution >= 0.6 is 11.6 Å². The Morgan fingerprint density at radius 2 is 2.06 bits per heavy atom. The van der Waals surface area contributed by atoms with Gasteiger partial charge in [-0.1, -0.05) is 37.3 Å². The average Bonchev–Trinajstić information content (AvgIpc) is 3.19. The highest BCUT2D eigenvalue weighted by atomic mass is 35.5. The van der Waals surface area contributed by atoms with Gasteiger partial charge in [0.15, 0.2) is 5.82 Å². The molecule has 1 aromatic rings. The molecule has 1 spiro atoms. The molecule has 3 N–H and O–H groups in total. The van der Waals surface area contributed by atoms with Crippen LogP contribution in [0.3, 0.4) is 0 Å². The Bertz CT molecular complexity index is 907. The molecule has 0 bridgehead atoms. The monoisotopic (exact) mass is 495 g/mol. The normalized spacial score (nSPS) is 22.3. The molecule has 8 nitrogen and oxygen atoms in total. The van der Waals surface area contributed by atoms with Crippen LogP contribution in [0.1, 0.15) is 44.9 Å². The van der Waals surface area contributed by atoms with Crippen LogP contribution in [-0.2, 0) is 9.59 Å². The number of carbonyl (C=O) groups is 2. The predicted octanol–water partition coefficient (Wildman–Crippen LogP) is 3.50. The Hall–Kier alpha value is -2.10.